The molecule has 1 aliphatic rings. The second-order valence-electron chi connectivity index (χ2n) is 6.44. The van der Waals surface area contributed by atoms with Gasteiger partial charge in [0.1, 0.15) is 12.4 Å². The van der Waals surface area contributed by atoms with Crippen molar-refractivity contribution in [1.29, 1.82) is 0 Å². The van der Waals surface area contributed by atoms with Gasteiger partial charge in [0.2, 0.25) is 0 Å². The van der Waals surface area contributed by atoms with Crippen LogP contribution in [0.5, 0.6) is 5.75 Å². The molecule has 1 aliphatic heterocycles. The second-order valence-corrected chi connectivity index (χ2v) is 6.88. The number of halogens is 1. The molecule has 1 saturated heterocycles. The van der Waals surface area contributed by atoms with Crippen LogP contribution in [0, 0.1) is 5.92 Å². The first-order chi connectivity index (χ1) is 11.7. The highest BCUT2D eigenvalue weighted by molar-refractivity contribution is 6.30. The first-order valence-electron chi connectivity index (χ1n) is 8.52. The average molecular weight is 346 g/mol. The summed E-state index contributed by atoms with van der Waals surface area (Å²) in [4.78, 5) is 2.51. The quantitative estimate of drug-likeness (QED) is 0.829. The fourth-order valence-electron chi connectivity index (χ4n) is 3.33. The summed E-state index contributed by atoms with van der Waals surface area (Å²) in [7, 11) is 0. The van der Waals surface area contributed by atoms with E-state index in [4.69, 9.17) is 21.4 Å². The van der Waals surface area contributed by atoms with Crippen molar-refractivity contribution in [3.05, 3.63) is 64.7 Å². The fourth-order valence-corrected chi connectivity index (χ4v) is 3.46. The molecule has 0 saturated carbocycles. The minimum atomic E-state index is 0.0444. The molecule has 4 heteroatoms. The largest absolute Gasteiger partial charge is 0.491 e. The van der Waals surface area contributed by atoms with Crippen molar-refractivity contribution < 1.29 is 9.84 Å². The summed E-state index contributed by atoms with van der Waals surface area (Å²) in [6.07, 6.45) is 2.36. The zero-order valence-corrected chi connectivity index (χ0v) is 14.6. The van der Waals surface area contributed by atoms with Gasteiger partial charge in [0, 0.05) is 18.1 Å². The minimum Gasteiger partial charge on any atom is -0.491 e. The normalized spacial score (nSPS) is 18.0. The molecular weight excluding hydrogens is 322 g/mol. The van der Waals surface area contributed by atoms with E-state index < -0.39 is 0 Å². The van der Waals surface area contributed by atoms with Crippen LogP contribution in [0.3, 0.4) is 0 Å². The number of ether oxygens (including phenoxy) is 1. The fraction of sp³-hybridized carbons (Fsp3) is 0.400. The number of rotatable bonds is 7. The van der Waals surface area contributed by atoms with E-state index in [0.29, 0.717) is 12.5 Å². The van der Waals surface area contributed by atoms with Gasteiger partial charge >= 0.3 is 0 Å². The van der Waals surface area contributed by atoms with Gasteiger partial charge in [0.15, 0.2) is 0 Å². The molecular formula is C20H24ClNO2. The van der Waals surface area contributed by atoms with E-state index in [1.54, 1.807) is 0 Å². The number of likely N-dealkylation sites (tertiary alicyclic amines) is 1. The monoisotopic (exact) mass is 345 g/mol. The highest BCUT2D eigenvalue weighted by Crippen LogP contribution is 2.24. The standard InChI is InChI=1S/C20H24ClNO2/c21-19-6-4-16(5-7-19)12-18-8-9-22(15-18)14-17-2-1-3-20(13-17)24-11-10-23/h1-7,13,18,23H,8-12,14-15H2. The third-order valence-corrected chi connectivity index (χ3v) is 4.72. The highest BCUT2D eigenvalue weighted by Gasteiger charge is 2.22. The van der Waals surface area contributed by atoms with Crippen LogP contribution in [0.1, 0.15) is 17.5 Å². The van der Waals surface area contributed by atoms with E-state index in [2.05, 4.69) is 29.2 Å². The molecule has 24 heavy (non-hydrogen) atoms. The third-order valence-electron chi connectivity index (χ3n) is 4.47. The summed E-state index contributed by atoms with van der Waals surface area (Å²) >= 11 is 5.95. The van der Waals surface area contributed by atoms with Gasteiger partial charge in [-0.1, -0.05) is 35.9 Å². The van der Waals surface area contributed by atoms with E-state index in [-0.39, 0.29) is 6.61 Å². The van der Waals surface area contributed by atoms with E-state index in [1.807, 2.05) is 24.3 Å². The Balaban J connectivity index is 1.51. The Bertz CT molecular complexity index is 644. The van der Waals surface area contributed by atoms with Crippen LogP contribution in [-0.2, 0) is 13.0 Å². The maximum absolute atomic E-state index is 8.85. The molecule has 2 aromatic carbocycles. The Labute approximate surface area is 148 Å². The molecule has 2 aromatic rings. The van der Waals surface area contributed by atoms with E-state index in [1.165, 1.54) is 17.5 Å². The highest BCUT2D eigenvalue weighted by atomic mass is 35.5. The van der Waals surface area contributed by atoms with Gasteiger partial charge in [-0.25, -0.2) is 0 Å². The van der Waals surface area contributed by atoms with Crippen LogP contribution in [0.2, 0.25) is 5.02 Å². The van der Waals surface area contributed by atoms with Gasteiger partial charge in [0.05, 0.1) is 6.61 Å². The number of aliphatic hydroxyl groups excluding tert-OH is 1. The summed E-state index contributed by atoms with van der Waals surface area (Å²) in [5, 5.41) is 9.65. The molecule has 0 spiro atoms. The van der Waals surface area contributed by atoms with Crippen molar-refractivity contribution in [3.8, 4) is 5.75 Å². The summed E-state index contributed by atoms with van der Waals surface area (Å²) in [5.41, 5.74) is 2.63. The summed E-state index contributed by atoms with van der Waals surface area (Å²) in [6.45, 7) is 3.61. The van der Waals surface area contributed by atoms with Crippen molar-refractivity contribution in [3.63, 3.8) is 0 Å². The Morgan fingerprint density at radius 2 is 1.96 bits per heavy atom. The molecule has 0 amide bonds. The van der Waals surface area contributed by atoms with Crippen LogP contribution in [0.4, 0.5) is 0 Å². The van der Waals surface area contributed by atoms with Crippen LogP contribution in [-0.4, -0.2) is 36.3 Å². The summed E-state index contributed by atoms with van der Waals surface area (Å²) in [6, 6.07) is 16.4. The smallest absolute Gasteiger partial charge is 0.119 e. The van der Waals surface area contributed by atoms with Crippen molar-refractivity contribution in [2.45, 2.75) is 19.4 Å². The molecule has 3 rings (SSSR count). The minimum absolute atomic E-state index is 0.0444. The number of benzene rings is 2. The molecule has 1 N–H and O–H groups in total. The average Bonchev–Trinajstić information content (AvgIpc) is 3.02. The van der Waals surface area contributed by atoms with E-state index in [0.717, 1.165) is 36.8 Å². The Hall–Kier alpha value is -1.55. The van der Waals surface area contributed by atoms with Crippen molar-refractivity contribution in [2.24, 2.45) is 5.92 Å². The Morgan fingerprint density at radius 1 is 1.12 bits per heavy atom. The van der Waals surface area contributed by atoms with Crippen LogP contribution in [0.15, 0.2) is 48.5 Å². The zero-order chi connectivity index (χ0) is 16.8. The molecule has 128 valence electrons. The SMILES string of the molecule is OCCOc1cccc(CN2CCC(Cc3ccc(Cl)cc3)C2)c1. The predicted octanol–water partition coefficient (Wildman–Crippen LogP) is 3.78. The van der Waals surface area contributed by atoms with Gasteiger partial charge in [-0.3, -0.25) is 4.90 Å². The van der Waals surface area contributed by atoms with E-state index in [9.17, 15) is 0 Å². The lowest BCUT2D eigenvalue weighted by Crippen LogP contribution is -2.20. The summed E-state index contributed by atoms with van der Waals surface area (Å²) < 4.78 is 5.49. The maximum Gasteiger partial charge on any atom is 0.119 e. The van der Waals surface area contributed by atoms with Crippen LogP contribution >= 0.6 is 11.6 Å². The number of hydrogen-bond donors (Lipinski definition) is 1. The topological polar surface area (TPSA) is 32.7 Å². The summed E-state index contributed by atoms with van der Waals surface area (Å²) in [5.74, 6) is 1.54. The number of nitrogens with zero attached hydrogens (tertiary/aromatic N) is 1. The van der Waals surface area contributed by atoms with Gasteiger partial charge in [-0.05, 0) is 60.7 Å². The number of aliphatic hydroxyl groups is 1. The second kappa shape index (κ2) is 8.52. The van der Waals surface area contributed by atoms with Crippen molar-refractivity contribution in [2.75, 3.05) is 26.3 Å². The molecule has 1 fully saturated rings. The predicted molar refractivity (Wildman–Crippen MR) is 97.6 cm³/mol. The third kappa shape index (κ3) is 4.97. The Kier molecular flexibility index (Phi) is 6.13. The van der Waals surface area contributed by atoms with Gasteiger partial charge in [-0.2, -0.15) is 0 Å². The lowest BCUT2D eigenvalue weighted by atomic mass is 9.99. The van der Waals surface area contributed by atoms with Gasteiger partial charge in [-0.15, -0.1) is 0 Å². The van der Waals surface area contributed by atoms with Crippen LogP contribution in [0.25, 0.3) is 0 Å². The van der Waals surface area contributed by atoms with Crippen molar-refractivity contribution >= 4 is 11.6 Å². The molecule has 0 bridgehead atoms. The zero-order valence-electron chi connectivity index (χ0n) is 13.8. The van der Waals surface area contributed by atoms with Crippen LogP contribution < -0.4 is 4.74 Å². The molecule has 1 unspecified atom stereocenters. The Morgan fingerprint density at radius 3 is 2.75 bits per heavy atom. The molecule has 0 aliphatic carbocycles. The molecule has 1 heterocycles. The van der Waals surface area contributed by atoms with Gasteiger partial charge in [0.25, 0.3) is 0 Å². The molecule has 0 aromatic heterocycles. The molecule has 3 nitrogen and oxygen atoms in total. The first kappa shape index (κ1) is 17.3. The molecule has 1 atom stereocenters. The lowest BCUT2D eigenvalue weighted by Gasteiger charge is -2.17. The first-order valence-corrected chi connectivity index (χ1v) is 8.90. The maximum atomic E-state index is 8.85. The van der Waals surface area contributed by atoms with Crippen molar-refractivity contribution in [1.82, 2.24) is 4.90 Å². The lowest BCUT2D eigenvalue weighted by molar-refractivity contribution is 0.201. The van der Waals surface area contributed by atoms with E-state index >= 15 is 0 Å². The molecule has 0 radical (unpaired) electrons. The van der Waals surface area contributed by atoms with Gasteiger partial charge < -0.3 is 9.84 Å². The number of hydrogen-bond acceptors (Lipinski definition) is 3.